The number of nitrogens with zero attached hydrogens (tertiary/aromatic N) is 2. The second-order valence-electron chi connectivity index (χ2n) is 4.93. The molecule has 130 valence electrons. The molecule has 2 atom stereocenters. The molecule has 1 N–H and O–H groups in total. The van der Waals surface area contributed by atoms with Crippen LogP contribution in [0.4, 0.5) is 0 Å². The van der Waals surface area contributed by atoms with Gasteiger partial charge < -0.3 is 9.63 Å². The smallest absolute Gasteiger partial charge is 0.440 e. The molecule has 2 rings (SSSR count). The van der Waals surface area contributed by atoms with Gasteiger partial charge >= 0.3 is 6.80 Å². The Morgan fingerprint density at radius 1 is 1.38 bits per heavy atom. The van der Waals surface area contributed by atoms with Gasteiger partial charge in [-0.15, -0.1) is 5.10 Å². The lowest BCUT2D eigenvalue weighted by atomic mass is 10.1. The van der Waals surface area contributed by atoms with Crippen molar-refractivity contribution < 1.29 is 18.7 Å². The molecule has 2 unspecified atom stereocenters. The molecular weight excluding hydrogens is 371 g/mol. The van der Waals surface area contributed by atoms with Crippen molar-refractivity contribution >= 4 is 29.8 Å². The highest BCUT2D eigenvalue weighted by atomic mass is 35.5. The van der Waals surface area contributed by atoms with Gasteiger partial charge in [-0.2, -0.15) is 5.10 Å². The molecule has 0 radical (unpaired) electrons. The van der Waals surface area contributed by atoms with Gasteiger partial charge in [0, 0.05) is 23.5 Å². The lowest BCUT2D eigenvalue weighted by molar-refractivity contribution is 0.334. The van der Waals surface area contributed by atoms with Crippen molar-refractivity contribution in [2.75, 3.05) is 7.11 Å². The minimum absolute atomic E-state index is 0.0355. The summed E-state index contributed by atoms with van der Waals surface area (Å²) in [5.74, 6) is -0.129. The van der Waals surface area contributed by atoms with Gasteiger partial charge in [-0.25, -0.2) is 4.57 Å². The van der Waals surface area contributed by atoms with E-state index in [1.54, 1.807) is 18.2 Å². The number of rotatable bonds is 7. The van der Waals surface area contributed by atoms with Gasteiger partial charge in [0.25, 0.3) is 0 Å². The van der Waals surface area contributed by atoms with Crippen LogP contribution in [0.1, 0.15) is 20.3 Å². The van der Waals surface area contributed by atoms with E-state index in [0.717, 1.165) is 17.8 Å². The Morgan fingerprint density at radius 2 is 2.12 bits per heavy atom. The Labute approximate surface area is 149 Å². The van der Waals surface area contributed by atoms with Crippen molar-refractivity contribution in [3.05, 3.63) is 35.6 Å². The van der Waals surface area contributed by atoms with Gasteiger partial charge in [-0.3, -0.25) is 4.52 Å². The fourth-order valence-corrected chi connectivity index (χ4v) is 5.65. The van der Waals surface area contributed by atoms with E-state index in [1.807, 2.05) is 13.8 Å². The van der Waals surface area contributed by atoms with Gasteiger partial charge in [0.1, 0.15) is 0 Å². The Hall–Kier alpha value is -1.27. The third kappa shape index (κ3) is 4.42. The number of aromatic hydroxyl groups is 1. The molecule has 1 heterocycles. The van der Waals surface area contributed by atoms with Crippen molar-refractivity contribution in [3.63, 3.8) is 0 Å². The van der Waals surface area contributed by atoms with Crippen LogP contribution < -0.4 is 4.52 Å². The summed E-state index contributed by atoms with van der Waals surface area (Å²) in [4.78, 5) is 0. The van der Waals surface area contributed by atoms with Crippen LogP contribution in [0, 0.1) is 0 Å². The van der Waals surface area contributed by atoms with Crippen LogP contribution in [0.25, 0.3) is 11.1 Å². The molecule has 0 saturated carbocycles. The Balaban J connectivity index is 2.47. The summed E-state index contributed by atoms with van der Waals surface area (Å²) in [5.41, 5.74) is 0.964. The molecule has 0 fully saturated rings. The summed E-state index contributed by atoms with van der Waals surface area (Å²) >= 11 is 7.18. The lowest BCUT2D eigenvalue weighted by Gasteiger charge is -2.21. The first-order chi connectivity index (χ1) is 11.4. The van der Waals surface area contributed by atoms with E-state index in [1.165, 1.54) is 19.4 Å². The van der Waals surface area contributed by atoms with Gasteiger partial charge in [-0.1, -0.05) is 37.6 Å². The number of hydrogen-bond donors (Lipinski definition) is 1. The number of phenols is 1. The number of aromatic nitrogens is 2. The number of halogens is 1. The number of hydrogen-bond acceptors (Lipinski definition) is 7. The molecule has 0 amide bonds. The standard InChI is InChI=1S/C15H18ClN2O4PS/c1-4-10(2)24-23(20,21-3)22-14-11(6-5-7-13(14)19)12-8-9-17-18-15(12)16/h5-10,19H,4H2,1-3H3. The second kappa shape index (κ2) is 8.21. The molecule has 0 saturated heterocycles. The van der Waals surface area contributed by atoms with Crippen molar-refractivity contribution in [3.8, 4) is 22.6 Å². The first-order valence-corrected chi connectivity index (χ1v) is 10.6. The van der Waals surface area contributed by atoms with E-state index in [0.29, 0.717) is 11.1 Å². The van der Waals surface area contributed by atoms with Crippen molar-refractivity contribution in [1.29, 1.82) is 0 Å². The zero-order chi connectivity index (χ0) is 17.7. The number of para-hydroxylation sites is 1. The van der Waals surface area contributed by atoms with Crippen molar-refractivity contribution in [2.45, 2.75) is 25.5 Å². The third-order valence-corrected chi connectivity index (χ3v) is 7.88. The minimum atomic E-state index is -3.51. The van der Waals surface area contributed by atoms with Crippen LogP contribution >= 0.6 is 29.8 Å². The molecule has 9 heteroatoms. The topological polar surface area (TPSA) is 81.5 Å². The summed E-state index contributed by atoms with van der Waals surface area (Å²) < 4.78 is 23.6. The molecule has 24 heavy (non-hydrogen) atoms. The zero-order valence-corrected chi connectivity index (χ0v) is 15.9. The molecule has 6 nitrogen and oxygen atoms in total. The van der Waals surface area contributed by atoms with Crippen LogP contribution in [0.15, 0.2) is 30.5 Å². The maximum absolute atomic E-state index is 12.9. The van der Waals surface area contributed by atoms with Crippen molar-refractivity contribution in [1.82, 2.24) is 10.2 Å². The quantitative estimate of drug-likeness (QED) is 0.655. The lowest BCUT2D eigenvalue weighted by Crippen LogP contribution is -2.00. The van der Waals surface area contributed by atoms with E-state index in [-0.39, 0.29) is 21.9 Å². The predicted octanol–water partition coefficient (Wildman–Crippen LogP) is 5.17. The van der Waals surface area contributed by atoms with Crippen LogP contribution in [0.5, 0.6) is 11.5 Å². The van der Waals surface area contributed by atoms with Crippen LogP contribution in [-0.2, 0) is 9.09 Å². The largest absolute Gasteiger partial charge is 0.504 e. The van der Waals surface area contributed by atoms with Gasteiger partial charge in [-0.05, 0) is 29.9 Å². The van der Waals surface area contributed by atoms with Crippen molar-refractivity contribution in [2.24, 2.45) is 0 Å². The summed E-state index contributed by atoms with van der Waals surface area (Å²) in [5, 5.41) is 17.9. The normalized spacial score (nSPS) is 14.8. The van der Waals surface area contributed by atoms with E-state index in [9.17, 15) is 9.67 Å². The number of phenolic OH excluding ortho intramolecular Hbond substituents is 1. The zero-order valence-electron chi connectivity index (χ0n) is 13.5. The second-order valence-corrected chi connectivity index (χ2v) is 9.72. The maximum Gasteiger partial charge on any atom is 0.440 e. The van der Waals surface area contributed by atoms with Gasteiger partial charge in [0.05, 0.1) is 6.20 Å². The molecule has 0 aliphatic rings. The summed E-state index contributed by atoms with van der Waals surface area (Å²) in [6, 6.07) is 6.39. The first-order valence-electron chi connectivity index (χ1n) is 7.23. The highest BCUT2D eigenvalue weighted by molar-refractivity contribution is 8.55. The molecule has 1 aromatic carbocycles. The molecule has 0 aliphatic carbocycles. The third-order valence-electron chi connectivity index (χ3n) is 3.27. The molecule has 0 aliphatic heterocycles. The van der Waals surface area contributed by atoms with E-state index < -0.39 is 6.80 Å². The molecule has 2 aromatic rings. The minimum Gasteiger partial charge on any atom is -0.504 e. The van der Waals surface area contributed by atoms with Crippen LogP contribution in [-0.4, -0.2) is 27.7 Å². The SMILES string of the molecule is CCC(C)SP(=O)(OC)Oc1c(O)cccc1-c1ccnnc1Cl. The summed E-state index contributed by atoms with van der Waals surface area (Å²) in [7, 11) is 1.32. The number of benzene rings is 1. The average Bonchev–Trinajstić information content (AvgIpc) is 2.57. The Bertz CT molecular complexity index is 762. The van der Waals surface area contributed by atoms with Gasteiger partial charge in [0.2, 0.25) is 0 Å². The summed E-state index contributed by atoms with van der Waals surface area (Å²) in [6.45, 7) is 0.397. The fourth-order valence-electron chi connectivity index (χ4n) is 1.86. The monoisotopic (exact) mass is 388 g/mol. The van der Waals surface area contributed by atoms with Crippen LogP contribution in [0.2, 0.25) is 5.15 Å². The average molecular weight is 389 g/mol. The molecule has 1 aromatic heterocycles. The molecule has 0 spiro atoms. The van der Waals surface area contributed by atoms with Gasteiger partial charge in [0.15, 0.2) is 16.7 Å². The first kappa shape index (κ1) is 19.1. The molecule has 0 bridgehead atoms. The Kier molecular flexibility index (Phi) is 6.52. The Morgan fingerprint density at radius 3 is 2.75 bits per heavy atom. The summed E-state index contributed by atoms with van der Waals surface area (Å²) in [6.07, 6.45) is 2.27. The fraction of sp³-hybridized carbons (Fsp3) is 0.333. The highest BCUT2D eigenvalue weighted by Crippen LogP contribution is 2.63. The maximum atomic E-state index is 12.9. The predicted molar refractivity (Wildman–Crippen MR) is 96.7 cm³/mol. The van der Waals surface area contributed by atoms with E-state index >= 15 is 0 Å². The van der Waals surface area contributed by atoms with E-state index in [2.05, 4.69) is 10.2 Å². The van der Waals surface area contributed by atoms with Crippen LogP contribution in [0.3, 0.4) is 0 Å². The molecular formula is C15H18ClN2O4PS. The highest BCUT2D eigenvalue weighted by Gasteiger charge is 2.31. The van der Waals surface area contributed by atoms with E-state index in [4.69, 9.17) is 20.6 Å².